The van der Waals surface area contributed by atoms with Crippen LogP contribution in [0.2, 0.25) is 0 Å². The number of carbonyl (C=O) groups is 1. The molecule has 3 aromatic rings. The summed E-state index contributed by atoms with van der Waals surface area (Å²) in [6.07, 6.45) is 4.87. The maximum atomic E-state index is 11.8. The summed E-state index contributed by atoms with van der Waals surface area (Å²) >= 11 is 0. The Hall–Kier alpha value is -3.01. The van der Waals surface area contributed by atoms with Gasteiger partial charge in [-0.15, -0.1) is 0 Å². The number of amides is 1. The van der Waals surface area contributed by atoms with E-state index in [1.165, 1.54) is 6.08 Å². The summed E-state index contributed by atoms with van der Waals surface area (Å²) in [4.78, 5) is 11.8. The number of carbonyl (C=O) groups excluding carboxylic acids is 1. The van der Waals surface area contributed by atoms with Crippen molar-refractivity contribution in [1.82, 2.24) is 5.32 Å². The van der Waals surface area contributed by atoms with Gasteiger partial charge in [0.1, 0.15) is 5.76 Å². The van der Waals surface area contributed by atoms with Crippen molar-refractivity contribution in [2.45, 2.75) is 6.54 Å². The molecule has 4 heteroatoms. The van der Waals surface area contributed by atoms with Gasteiger partial charge in [0.2, 0.25) is 5.91 Å². The molecule has 0 bridgehead atoms. The predicted molar refractivity (Wildman–Crippen MR) is 83.7 cm³/mol. The molecule has 2 aromatic heterocycles. The van der Waals surface area contributed by atoms with E-state index in [2.05, 4.69) is 5.32 Å². The Morgan fingerprint density at radius 3 is 2.64 bits per heavy atom. The Morgan fingerprint density at radius 1 is 1.00 bits per heavy atom. The standard InChI is InChI=1S/C18H15NO3/c20-18(11-8-14-5-2-1-3-6-14)19-13-15-9-10-17(22-15)16-7-4-12-21-16/h1-12H,13H2,(H,19,20). The molecular weight excluding hydrogens is 278 g/mol. The normalized spacial score (nSPS) is 10.9. The van der Waals surface area contributed by atoms with Crippen LogP contribution in [0.15, 0.2) is 75.8 Å². The van der Waals surface area contributed by atoms with E-state index < -0.39 is 0 Å². The van der Waals surface area contributed by atoms with E-state index in [1.54, 1.807) is 18.4 Å². The molecule has 0 fully saturated rings. The molecule has 0 saturated heterocycles. The zero-order chi connectivity index (χ0) is 15.2. The molecule has 0 aliphatic carbocycles. The summed E-state index contributed by atoms with van der Waals surface area (Å²) < 4.78 is 10.9. The van der Waals surface area contributed by atoms with Gasteiger partial charge in [0.05, 0.1) is 12.8 Å². The Labute approximate surface area is 128 Å². The van der Waals surface area contributed by atoms with E-state index in [4.69, 9.17) is 8.83 Å². The highest BCUT2D eigenvalue weighted by Gasteiger charge is 2.07. The van der Waals surface area contributed by atoms with Crippen LogP contribution in [-0.4, -0.2) is 5.91 Å². The van der Waals surface area contributed by atoms with Crippen LogP contribution in [-0.2, 0) is 11.3 Å². The van der Waals surface area contributed by atoms with Gasteiger partial charge >= 0.3 is 0 Å². The van der Waals surface area contributed by atoms with Gasteiger partial charge in [-0.1, -0.05) is 30.3 Å². The van der Waals surface area contributed by atoms with Gasteiger partial charge in [0.15, 0.2) is 11.5 Å². The molecule has 0 radical (unpaired) electrons. The third-order valence-corrected chi connectivity index (χ3v) is 3.09. The van der Waals surface area contributed by atoms with Gasteiger partial charge in [-0.2, -0.15) is 0 Å². The summed E-state index contributed by atoms with van der Waals surface area (Å²) in [7, 11) is 0. The third-order valence-electron chi connectivity index (χ3n) is 3.09. The average Bonchev–Trinajstić information content (AvgIpc) is 3.22. The molecule has 2 heterocycles. The number of furan rings is 2. The Bertz CT molecular complexity index is 755. The zero-order valence-corrected chi connectivity index (χ0v) is 11.9. The number of hydrogen-bond donors (Lipinski definition) is 1. The molecule has 1 N–H and O–H groups in total. The van der Waals surface area contributed by atoms with Crippen LogP contribution in [0.25, 0.3) is 17.6 Å². The molecule has 4 nitrogen and oxygen atoms in total. The number of hydrogen-bond acceptors (Lipinski definition) is 3. The Balaban J connectivity index is 1.54. The van der Waals surface area contributed by atoms with Crippen molar-refractivity contribution in [3.8, 4) is 11.5 Å². The lowest BCUT2D eigenvalue weighted by atomic mass is 10.2. The van der Waals surface area contributed by atoms with Crippen LogP contribution in [0.1, 0.15) is 11.3 Å². The predicted octanol–water partition coefficient (Wildman–Crippen LogP) is 3.87. The second kappa shape index (κ2) is 6.63. The largest absolute Gasteiger partial charge is 0.461 e. The molecule has 0 saturated carbocycles. The fourth-order valence-electron chi connectivity index (χ4n) is 1.99. The highest BCUT2D eigenvalue weighted by Crippen LogP contribution is 2.22. The maximum Gasteiger partial charge on any atom is 0.244 e. The second-order valence-electron chi connectivity index (χ2n) is 4.71. The summed E-state index contributed by atoms with van der Waals surface area (Å²) in [5, 5.41) is 2.78. The molecule has 110 valence electrons. The van der Waals surface area contributed by atoms with Crippen LogP contribution in [0.4, 0.5) is 0 Å². The topological polar surface area (TPSA) is 55.4 Å². The molecule has 0 atom stereocenters. The molecule has 0 aliphatic rings. The van der Waals surface area contributed by atoms with E-state index in [1.807, 2.05) is 48.5 Å². The van der Waals surface area contributed by atoms with E-state index in [-0.39, 0.29) is 5.91 Å². The summed E-state index contributed by atoms with van der Waals surface area (Å²) in [6, 6.07) is 16.9. The first kappa shape index (κ1) is 13.9. The first-order valence-corrected chi connectivity index (χ1v) is 6.95. The van der Waals surface area contributed by atoms with Crippen LogP contribution in [0.3, 0.4) is 0 Å². The quantitative estimate of drug-likeness (QED) is 0.726. The minimum absolute atomic E-state index is 0.167. The van der Waals surface area contributed by atoms with Crippen molar-refractivity contribution in [1.29, 1.82) is 0 Å². The van der Waals surface area contributed by atoms with Crippen LogP contribution in [0.5, 0.6) is 0 Å². The summed E-state index contributed by atoms with van der Waals surface area (Å²) in [6.45, 7) is 0.332. The van der Waals surface area contributed by atoms with Gasteiger partial charge in [-0.3, -0.25) is 4.79 Å². The van der Waals surface area contributed by atoms with Gasteiger partial charge < -0.3 is 14.2 Å². The summed E-state index contributed by atoms with van der Waals surface area (Å²) in [5.74, 6) is 1.82. The van der Waals surface area contributed by atoms with Gasteiger partial charge in [-0.25, -0.2) is 0 Å². The smallest absolute Gasteiger partial charge is 0.244 e. The van der Waals surface area contributed by atoms with E-state index in [9.17, 15) is 4.79 Å². The van der Waals surface area contributed by atoms with E-state index >= 15 is 0 Å². The molecule has 0 aliphatic heterocycles. The molecule has 0 spiro atoms. The minimum atomic E-state index is -0.167. The monoisotopic (exact) mass is 293 g/mol. The van der Waals surface area contributed by atoms with E-state index in [0.29, 0.717) is 23.8 Å². The molecule has 0 unspecified atom stereocenters. The van der Waals surface area contributed by atoms with Crippen molar-refractivity contribution < 1.29 is 13.6 Å². The lowest BCUT2D eigenvalue weighted by Gasteiger charge is -1.99. The first-order valence-electron chi connectivity index (χ1n) is 6.95. The molecule has 3 rings (SSSR count). The maximum absolute atomic E-state index is 11.8. The van der Waals surface area contributed by atoms with Gasteiger partial charge in [0.25, 0.3) is 0 Å². The fraction of sp³-hybridized carbons (Fsp3) is 0.0556. The fourth-order valence-corrected chi connectivity index (χ4v) is 1.99. The van der Waals surface area contributed by atoms with Crippen LogP contribution >= 0.6 is 0 Å². The third kappa shape index (κ3) is 3.55. The number of nitrogens with one attached hydrogen (secondary N) is 1. The van der Waals surface area contributed by atoms with Crippen molar-refractivity contribution >= 4 is 12.0 Å². The van der Waals surface area contributed by atoms with Crippen molar-refractivity contribution in [2.75, 3.05) is 0 Å². The highest BCUT2D eigenvalue weighted by molar-refractivity contribution is 5.91. The molecular formula is C18H15NO3. The first-order chi connectivity index (χ1) is 10.8. The van der Waals surface area contributed by atoms with Gasteiger partial charge in [0, 0.05) is 6.08 Å². The highest BCUT2D eigenvalue weighted by atomic mass is 16.4. The van der Waals surface area contributed by atoms with Crippen molar-refractivity contribution in [3.05, 3.63) is 78.3 Å². The van der Waals surface area contributed by atoms with Gasteiger partial charge in [-0.05, 0) is 35.9 Å². The lowest BCUT2D eigenvalue weighted by Crippen LogP contribution is -2.19. The average molecular weight is 293 g/mol. The van der Waals surface area contributed by atoms with Crippen LogP contribution < -0.4 is 5.32 Å². The second-order valence-corrected chi connectivity index (χ2v) is 4.71. The number of benzene rings is 1. The Morgan fingerprint density at radius 2 is 1.86 bits per heavy atom. The minimum Gasteiger partial charge on any atom is -0.461 e. The summed E-state index contributed by atoms with van der Waals surface area (Å²) in [5.41, 5.74) is 0.982. The van der Waals surface area contributed by atoms with Crippen molar-refractivity contribution in [3.63, 3.8) is 0 Å². The SMILES string of the molecule is O=C(C=Cc1ccccc1)NCc1ccc(-c2ccco2)o1. The van der Waals surface area contributed by atoms with Crippen molar-refractivity contribution in [2.24, 2.45) is 0 Å². The lowest BCUT2D eigenvalue weighted by molar-refractivity contribution is -0.116. The number of rotatable bonds is 5. The molecule has 22 heavy (non-hydrogen) atoms. The zero-order valence-electron chi connectivity index (χ0n) is 11.9. The molecule has 1 aromatic carbocycles. The van der Waals surface area contributed by atoms with Crippen LogP contribution in [0, 0.1) is 0 Å². The van der Waals surface area contributed by atoms with E-state index in [0.717, 1.165) is 5.56 Å². The Kier molecular flexibility index (Phi) is 4.20. The molecule has 1 amide bonds.